The van der Waals surface area contributed by atoms with E-state index in [1.807, 2.05) is 0 Å². The highest BCUT2D eigenvalue weighted by atomic mass is 14.7. The Balaban J connectivity index is 3.96. The van der Waals surface area contributed by atoms with E-state index >= 15 is 0 Å². The summed E-state index contributed by atoms with van der Waals surface area (Å²) in [6, 6.07) is 3.25. The Kier molecular flexibility index (Phi) is 3.41. The summed E-state index contributed by atoms with van der Waals surface area (Å²) in [5.74, 6) is -0.898. The van der Waals surface area contributed by atoms with Crippen molar-refractivity contribution in [1.29, 1.82) is 15.8 Å². The maximum Gasteiger partial charge on any atom is 0.205 e. The third kappa shape index (κ3) is 2.79. The van der Waals surface area contributed by atoms with Gasteiger partial charge in [-0.25, -0.2) is 0 Å². The second-order valence-electron chi connectivity index (χ2n) is 1.11. The Labute approximate surface area is 52.3 Å². The van der Waals surface area contributed by atoms with Gasteiger partial charge < -0.3 is 0 Å². The van der Waals surface area contributed by atoms with Crippen LogP contribution in [-0.4, -0.2) is 6.21 Å². The fourth-order valence-electron chi connectivity index (χ4n) is 0.203. The van der Waals surface area contributed by atoms with E-state index in [0.717, 1.165) is 6.21 Å². The third-order valence-electron chi connectivity index (χ3n) is 0.560. The number of hydrogen-bond donors (Lipinski definition) is 0. The van der Waals surface area contributed by atoms with Crippen molar-refractivity contribution in [1.82, 2.24) is 0 Å². The van der Waals surface area contributed by atoms with Crippen LogP contribution in [0.15, 0.2) is 4.99 Å². The van der Waals surface area contributed by atoms with Crippen LogP contribution in [0.25, 0.3) is 0 Å². The molecule has 9 heavy (non-hydrogen) atoms. The summed E-state index contributed by atoms with van der Waals surface area (Å²) in [6.07, 6.45) is 2.43. The molecular formula is C5H2N4. The number of nitriles is 3. The van der Waals surface area contributed by atoms with Crippen LogP contribution in [0.4, 0.5) is 0 Å². The Bertz CT molecular complexity index is 207. The predicted octanol–water partition coefficient (Wildman–Crippen LogP) is 0.202. The number of nitrogens with zero attached hydrogens (tertiary/aromatic N) is 4. The molecule has 4 heteroatoms. The second kappa shape index (κ2) is 4.30. The Morgan fingerprint density at radius 2 is 1.78 bits per heavy atom. The summed E-state index contributed by atoms with van der Waals surface area (Å²) < 4.78 is 0. The second-order valence-corrected chi connectivity index (χ2v) is 1.11. The van der Waals surface area contributed by atoms with E-state index in [-0.39, 0.29) is 0 Å². The van der Waals surface area contributed by atoms with Crippen molar-refractivity contribution in [3.8, 4) is 18.3 Å². The molecule has 0 heterocycles. The van der Waals surface area contributed by atoms with Gasteiger partial charge in [-0.1, -0.05) is 0 Å². The van der Waals surface area contributed by atoms with Gasteiger partial charge in [0.1, 0.15) is 0 Å². The van der Waals surface area contributed by atoms with Gasteiger partial charge in [-0.2, -0.15) is 20.8 Å². The van der Waals surface area contributed by atoms with Crippen molar-refractivity contribution < 1.29 is 0 Å². The van der Waals surface area contributed by atoms with Crippen LogP contribution in [0.2, 0.25) is 0 Å². The quantitative estimate of drug-likeness (QED) is 0.364. The minimum atomic E-state index is -0.898. The lowest BCUT2D eigenvalue weighted by Crippen LogP contribution is -1.91. The summed E-state index contributed by atoms with van der Waals surface area (Å²) in [5.41, 5.74) is 0. The molecule has 0 fully saturated rings. The molecule has 0 aliphatic carbocycles. The first-order chi connectivity index (χ1) is 4.35. The van der Waals surface area contributed by atoms with Gasteiger partial charge in [0.05, 0.1) is 12.1 Å². The summed E-state index contributed by atoms with van der Waals surface area (Å²) in [4.78, 5) is 3.05. The molecule has 42 valence electrons. The normalized spacial score (nSPS) is 8.22. The Morgan fingerprint density at radius 3 is 2.11 bits per heavy atom. The fraction of sp³-hybridized carbons (Fsp3) is 0.200. The SMILES string of the molecule is N#CN=CC(C#N)C#N. The molecule has 0 amide bonds. The standard InChI is InChI=1S/C5H2N4/c6-1-5(2-7)3-9-4-8/h3,5H. The van der Waals surface area contributed by atoms with E-state index in [0.29, 0.717) is 0 Å². The molecule has 0 atom stereocenters. The molecule has 0 saturated carbocycles. The summed E-state index contributed by atoms with van der Waals surface area (Å²) >= 11 is 0. The molecule has 0 aromatic heterocycles. The van der Waals surface area contributed by atoms with E-state index in [1.165, 1.54) is 6.19 Å². The van der Waals surface area contributed by atoms with Crippen molar-refractivity contribution in [2.75, 3.05) is 0 Å². The van der Waals surface area contributed by atoms with Crippen LogP contribution in [0.1, 0.15) is 0 Å². The first-order valence-corrected chi connectivity index (χ1v) is 2.06. The maximum atomic E-state index is 8.08. The van der Waals surface area contributed by atoms with Crippen molar-refractivity contribution in [2.24, 2.45) is 10.9 Å². The molecule has 0 aliphatic rings. The van der Waals surface area contributed by atoms with Gasteiger partial charge in [0, 0.05) is 6.21 Å². The minimum Gasteiger partial charge on any atom is -0.196 e. The Morgan fingerprint density at radius 1 is 1.22 bits per heavy atom. The summed E-state index contributed by atoms with van der Waals surface area (Å²) in [5, 5.41) is 24.0. The van der Waals surface area contributed by atoms with Crippen LogP contribution in [0.5, 0.6) is 0 Å². The molecule has 4 nitrogen and oxygen atoms in total. The molecule has 0 rings (SSSR count). The lowest BCUT2D eigenvalue weighted by atomic mass is 10.2. The zero-order chi connectivity index (χ0) is 7.11. The summed E-state index contributed by atoms with van der Waals surface area (Å²) in [6.45, 7) is 0. The van der Waals surface area contributed by atoms with Crippen molar-refractivity contribution in [3.63, 3.8) is 0 Å². The highest BCUT2D eigenvalue weighted by molar-refractivity contribution is 5.68. The van der Waals surface area contributed by atoms with Crippen LogP contribution in [-0.2, 0) is 0 Å². The van der Waals surface area contributed by atoms with Crippen LogP contribution in [0, 0.1) is 40.0 Å². The minimum absolute atomic E-state index is 0.898. The topological polar surface area (TPSA) is 83.7 Å². The van der Waals surface area contributed by atoms with E-state index < -0.39 is 5.92 Å². The van der Waals surface area contributed by atoms with E-state index in [1.54, 1.807) is 12.1 Å². The van der Waals surface area contributed by atoms with Gasteiger partial charge in [0.2, 0.25) is 6.19 Å². The average Bonchev–Trinajstić information content (AvgIpc) is 1.91. The molecule has 0 spiro atoms. The van der Waals surface area contributed by atoms with Gasteiger partial charge in [-0.05, 0) is 0 Å². The largest absolute Gasteiger partial charge is 0.205 e. The van der Waals surface area contributed by atoms with Gasteiger partial charge in [-0.3, -0.25) is 0 Å². The predicted molar refractivity (Wildman–Crippen MR) is 28.8 cm³/mol. The van der Waals surface area contributed by atoms with Gasteiger partial charge in [0.15, 0.2) is 5.92 Å². The summed E-state index contributed by atoms with van der Waals surface area (Å²) in [7, 11) is 0. The van der Waals surface area contributed by atoms with Gasteiger partial charge >= 0.3 is 0 Å². The lowest BCUT2D eigenvalue weighted by molar-refractivity contribution is 1.17. The van der Waals surface area contributed by atoms with Crippen LogP contribution < -0.4 is 0 Å². The molecule has 0 aromatic carbocycles. The lowest BCUT2D eigenvalue weighted by Gasteiger charge is -1.78. The molecule has 0 bridgehead atoms. The van der Waals surface area contributed by atoms with Crippen LogP contribution in [0.3, 0.4) is 0 Å². The number of aliphatic imine (C=N–C) groups is 1. The van der Waals surface area contributed by atoms with Gasteiger partial charge in [0.25, 0.3) is 0 Å². The zero-order valence-electron chi connectivity index (χ0n) is 4.44. The zero-order valence-corrected chi connectivity index (χ0v) is 4.44. The van der Waals surface area contributed by atoms with Crippen molar-refractivity contribution in [2.45, 2.75) is 0 Å². The monoisotopic (exact) mass is 118 g/mol. The third-order valence-corrected chi connectivity index (χ3v) is 0.560. The smallest absolute Gasteiger partial charge is 0.196 e. The van der Waals surface area contributed by atoms with Crippen LogP contribution >= 0.6 is 0 Å². The number of rotatable bonds is 1. The average molecular weight is 118 g/mol. The highest BCUT2D eigenvalue weighted by Crippen LogP contribution is 1.83. The number of hydrogen-bond acceptors (Lipinski definition) is 4. The molecule has 0 aromatic rings. The molecule has 0 saturated heterocycles. The first kappa shape index (κ1) is 7.14. The van der Waals surface area contributed by atoms with Crippen molar-refractivity contribution >= 4 is 6.21 Å². The maximum absolute atomic E-state index is 8.08. The fourth-order valence-corrected chi connectivity index (χ4v) is 0.203. The van der Waals surface area contributed by atoms with E-state index in [9.17, 15) is 0 Å². The molecule has 0 aliphatic heterocycles. The highest BCUT2D eigenvalue weighted by Gasteiger charge is 1.96. The van der Waals surface area contributed by atoms with Gasteiger partial charge in [-0.15, -0.1) is 0 Å². The molecule has 0 N–H and O–H groups in total. The first-order valence-electron chi connectivity index (χ1n) is 2.06. The van der Waals surface area contributed by atoms with Crippen molar-refractivity contribution in [3.05, 3.63) is 0 Å². The Hall–Kier alpha value is -1.86. The van der Waals surface area contributed by atoms with E-state index in [2.05, 4.69) is 4.99 Å². The molecule has 0 unspecified atom stereocenters. The molecular weight excluding hydrogens is 116 g/mol. The van der Waals surface area contributed by atoms with E-state index in [4.69, 9.17) is 15.8 Å². The molecule has 0 radical (unpaired) electrons.